The molecule has 0 amide bonds. The molecule has 3 rings (SSSR count). The lowest BCUT2D eigenvalue weighted by Gasteiger charge is -2.07. The molecule has 9 nitrogen and oxygen atoms in total. The quantitative estimate of drug-likeness (QED) is 0.665. The molecule has 14 heteroatoms. The van der Waals surface area contributed by atoms with Crippen LogP contribution in [0.1, 0.15) is 5.82 Å². The number of alkyl halides is 3. The van der Waals surface area contributed by atoms with Crippen molar-refractivity contribution in [1.29, 1.82) is 0 Å². The standard InChI is InChI=1S/C14H10ClF3N6O3S/c1-27-9-6-7(2-3-8(9)15)12-20-13(14(16,17)18)23-24(12)10-4-5-11(22-21-10)28(19,25)26/h2-6H,1H3,(H2,19,25,26). The van der Waals surface area contributed by atoms with Gasteiger partial charge in [0.25, 0.3) is 15.8 Å². The number of aromatic nitrogens is 5. The first-order valence-electron chi connectivity index (χ1n) is 7.26. The molecular weight excluding hydrogens is 425 g/mol. The van der Waals surface area contributed by atoms with Crippen LogP contribution in [-0.2, 0) is 16.2 Å². The number of sulfonamides is 1. The average molecular weight is 435 g/mol. The van der Waals surface area contributed by atoms with Crippen molar-refractivity contribution in [3.8, 4) is 23.0 Å². The summed E-state index contributed by atoms with van der Waals surface area (Å²) in [5, 5.41) is 15.0. The van der Waals surface area contributed by atoms with Crippen LogP contribution in [0.2, 0.25) is 5.02 Å². The summed E-state index contributed by atoms with van der Waals surface area (Å²) < 4.78 is 67.8. The van der Waals surface area contributed by atoms with Crippen LogP contribution in [0.25, 0.3) is 17.2 Å². The fourth-order valence-corrected chi connectivity index (χ4v) is 2.76. The van der Waals surface area contributed by atoms with Gasteiger partial charge in [0.05, 0.1) is 12.1 Å². The van der Waals surface area contributed by atoms with Crippen LogP contribution >= 0.6 is 11.6 Å². The van der Waals surface area contributed by atoms with Gasteiger partial charge in [-0.15, -0.1) is 15.3 Å². The lowest BCUT2D eigenvalue weighted by Crippen LogP contribution is -2.15. The second-order valence-corrected chi connectivity index (χ2v) is 7.21. The maximum atomic E-state index is 13.1. The first kappa shape index (κ1) is 20.0. The van der Waals surface area contributed by atoms with Crippen LogP contribution in [0, 0.1) is 0 Å². The van der Waals surface area contributed by atoms with E-state index in [4.69, 9.17) is 21.5 Å². The molecule has 2 aromatic heterocycles. The molecule has 148 valence electrons. The Labute approximate surface area is 161 Å². The molecular formula is C14H10ClF3N6O3S. The van der Waals surface area contributed by atoms with Gasteiger partial charge < -0.3 is 4.74 Å². The fourth-order valence-electron chi connectivity index (χ4n) is 2.16. The molecule has 0 saturated carbocycles. The molecule has 0 radical (unpaired) electrons. The third-order valence-corrected chi connectivity index (χ3v) is 4.52. The zero-order valence-corrected chi connectivity index (χ0v) is 15.4. The molecule has 0 atom stereocenters. The number of nitrogens with zero attached hydrogens (tertiary/aromatic N) is 5. The number of methoxy groups -OCH3 is 1. The number of hydrogen-bond donors (Lipinski definition) is 1. The van der Waals surface area contributed by atoms with Crippen LogP contribution < -0.4 is 9.88 Å². The second kappa shape index (κ2) is 7.00. The lowest BCUT2D eigenvalue weighted by atomic mass is 10.2. The largest absolute Gasteiger partial charge is 0.495 e. The smallest absolute Gasteiger partial charge is 0.453 e. The molecule has 0 aliphatic rings. The van der Waals surface area contributed by atoms with E-state index in [1.807, 2.05) is 0 Å². The Hall–Kier alpha value is -2.77. The number of ether oxygens (including phenoxy) is 1. The number of benzene rings is 1. The highest BCUT2D eigenvalue weighted by atomic mass is 35.5. The number of hydrogen-bond acceptors (Lipinski definition) is 7. The van der Waals surface area contributed by atoms with Crippen molar-refractivity contribution < 1.29 is 26.3 Å². The topological polar surface area (TPSA) is 126 Å². The Morgan fingerprint density at radius 1 is 1.18 bits per heavy atom. The number of halogens is 4. The molecule has 0 aliphatic heterocycles. The van der Waals surface area contributed by atoms with Gasteiger partial charge in [0.1, 0.15) is 5.75 Å². The van der Waals surface area contributed by atoms with E-state index in [0.717, 1.165) is 16.8 Å². The molecule has 0 spiro atoms. The Bertz CT molecular complexity index is 1130. The third-order valence-electron chi connectivity index (χ3n) is 3.40. The summed E-state index contributed by atoms with van der Waals surface area (Å²) in [7, 11) is -2.78. The highest BCUT2D eigenvalue weighted by Crippen LogP contribution is 2.33. The van der Waals surface area contributed by atoms with Crippen LogP contribution in [0.15, 0.2) is 35.4 Å². The minimum absolute atomic E-state index is 0.196. The van der Waals surface area contributed by atoms with Crippen molar-refractivity contribution in [3.63, 3.8) is 0 Å². The highest BCUT2D eigenvalue weighted by molar-refractivity contribution is 7.89. The fraction of sp³-hybridized carbons (Fsp3) is 0.143. The van der Waals surface area contributed by atoms with E-state index in [2.05, 4.69) is 20.3 Å². The van der Waals surface area contributed by atoms with E-state index in [0.29, 0.717) is 0 Å². The van der Waals surface area contributed by atoms with E-state index < -0.39 is 27.0 Å². The van der Waals surface area contributed by atoms with E-state index in [-0.39, 0.29) is 28.0 Å². The van der Waals surface area contributed by atoms with Crippen molar-refractivity contribution in [2.75, 3.05) is 7.11 Å². The van der Waals surface area contributed by atoms with Crippen LogP contribution in [0.3, 0.4) is 0 Å². The zero-order valence-electron chi connectivity index (χ0n) is 13.8. The van der Waals surface area contributed by atoms with Gasteiger partial charge in [-0.1, -0.05) is 11.6 Å². The molecule has 2 N–H and O–H groups in total. The summed E-state index contributed by atoms with van der Waals surface area (Å²) in [6, 6.07) is 6.28. The van der Waals surface area contributed by atoms with Crippen molar-refractivity contribution in [2.45, 2.75) is 11.2 Å². The summed E-state index contributed by atoms with van der Waals surface area (Å²) in [6.45, 7) is 0. The maximum absolute atomic E-state index is 13.1. The van der Waals surface area contributed by atoms with Gasteiger partial charge in [0.15, 0.2) is 16.7 Å². The molecule has 28 heavy (non-hydrogen) atoms. The predicted molar refractivity (Wildman–Crippen MR) is 90.3 cm³/mol. The number of rotatable bonds is 4. The molecule has 0 saturated heterocycles. The summed E-state index contributed by atoms with van der Waals surface area (Å²) in [6.07, 6.45) is -4.83. The minimum Gasteiger partial charge on any atom is -0.495 e. The number of primary sulfonamides is 1. The monoisotopic (exact) mass is 434 g/mol. The van der Waals surface area contributed by atoms with Crippen LogP contribution in [0.4, 0.5) is 13.2 Å². The Kier molecular flexibility index (Phi) is 4.99. The Balaban J connectivity index is 2.19. The average Bonchev–Trinajstić information content (AvgIpc) is 3.07. The van der Waals surface area contributed by atoms with Crippen molar-refractivity contribution in [1.82, 2.24) is 25.0 Å². The van der Waals surface area contributed by atoms with Crippen molar-refractivity contribution in [2.24, 2.45) is 5.14 Å². The normalized spacial score (nSPS) is 12.2. The van der Waals surface area contributed by atoms with Gasteiger partial charge in [-0.05, 0) is 30.3 Å². The highest BCUT2D eigenvalue weighted by Gasteiger charge is 2.37. The number of nitrogens with two attached hydrogens (primary N) is 1. The summed E-state index contributed by atoms with van der Waals surface area (Å²) in [5.74, 6) is -1.66. The van der Waals surface area contributed by atoms with Gasteiger partial charge in [0.2, 0.25) is 0 Å². The van der Waals surface area contributed by atoms with Crippen LogP contribution in [-0.4, -0.2) is 40.5 Å². The van der Waals surface area contributed by atoms with E-state index >= 15 is 0 Å². The third kappa shape index (κ3) is 3.90. The van der Waals surface area contributed by atoms with Gasteiger partial charge >= 0.3 is 6.18 Å². The van der Waals surface area contributed by atoms with Gasteiger partial charge in [-0.3, -0.25) is 0 Å². The Morgan fingerprint density at radius 2 is 1.89 bits per heavy atom. The molecule has 1 aromatic carbocycles. The first-order valence-corrected chi connectivity index (χ1v) is 9.18. The van der Waals surface area contributed by atoms with E-state index in [1.165, 1.54) is 25.3 Å². The summed E-state index contributed by atoms with van der Waals surface area (Å²) >= 11 is 5.94. The van der Waals surface area contributed by atoms with Gasteiger partial charge in [-0.2, -0.15) is 17.9 Å². The maximum Gasteiger partial charge on any atom is 0.453 e. The molecule has 0 unspecified atom stereocenters. The Morgan fingerprint density at radius 3 is 2.43 bits per heavy atom. The molecule has 0 aliphatic carbocycles. The first-order chi connectivity index (χ1) is 13.0. The lowest BCUT2D eigenvalue weighted by molar-refractivity contribution is -0.144. The minimum atomic E-state index is -4.83. The van der Waals surface area contributed by atoms with Crippen molar-refractivity contribution >= 4 is 21.6 Å². The van der Waals surface area contributed by atoms with Gasteiger partial charge in [0, 0.05) is 5.56 Å². The van der Waals surface area contributed by atoms with E-state index in [1.54, 1.807) is 0 Å². The predicted octanol–water partition coefficient (Wildman–Crippen LogP) is 2.05. The van der Waals surface area contributed by atoms with E-state index in [9.17, 15) is 21.6 Å². The van der Waals surface area contributed by atoms with Crippen molar-refractivity contribution in [3.05, 3.63) is 41.2 Å². The summed E-state index contributed by atoms with van der Waals surface area (Å²) in [5.41, 5.74) is 0.196. The second-order valence-electron chi connectivity index (χ2n) is 5.29. The molecule has 3 aromatic rings. The van der Waals surface area contributed by atoms with Gasteiger partial charge in [-0.25, -0.2) is 18.5 Å². The SMILES string of the molecule is COc1cc(-c2nc(C(F)(F)F)nn2-c2ccc(S(N)(=O)=O)nn2)ccc1Cl. The van der Waals surface area contributed by atoms with Crippen LogP contribution in [0.5, 0.6) is 5.75 Å². The zero-order chi connectivity index (χ0) is 20.7. The molecule has 0 fully saturated rings. The molecule has 2 heterocycles. The summed E-state index contributed by atoms with van der Waals surface area (Å²) in [4.78, 5) is 3.52. The molecule has 0 bridgehead atoms.